The Morgan fingerprint density at radius 2 is 2.42 bits per heavy atom. The van der Waals surface area contributed by atoms with Crippen LogP contribution in [0.25, 0.3) is 10.2 Å². The van der Waals surface area contributed by atoms with Gasteiger partial charge in [-0.2, -0.15) is 0 Å². The van der Waals surface area contributed by atoms with Crippen LogP contribution in [0.2, 0.25) is 0 Å². The number of aliphatic imine (C=N–C) groups is 1. The average molecular weight is 288 g/mol. The number of rotatable bonds is 3. The Kier molecular flexibility index (Phi) is 3.96. The Bertz CT molecular complexity index is 645. The van der Waals surface area contributed by atoms with Crippen LogP contribution in [-0.2, 0) is 0 Å². The lowest BCUT2D eigenvalue weighted by Gasteiger charge is -2.03. The summed E-state index contributed by atoms with van der Waals surface area (Å²) in [6, 6.07) is 2.04. The van der Waals surface area contributed by atoms with Gasteiger partial charge in [-0.05, 0) is 11.4 Å². The molecule has 4 nitrogen and oxygen atoms in total. The van der Waals surface area contributed by atoms with Gasteiger partial charge < -0.3 is 5.32 Å². The predicted molar refractivity (Wildman–Crippen MR) is 83.0 cm³/mol. The monoisotopic (exact) mass is 288 g/mol. The van der Waals surface area contributed by atoms with Crippen molar-refractivity contribution in [3.05, 3.63) is 17.8 Å². The fourth-order valence-electron chi connectivity index (χ4n) is 1.74. The highest BCUT2D eigenvalue weighted by Gasteiger charge is 2.07. The zero-order valence-electron chi connectivity index (χ0n) is 10.2. The first-order chi connectivity index (χ1) is 9.43. The Balaban J connectivity index is 1.53. The van der Waals surface area contributed by atoms with Gasteiger partial charge in [0.25, 0.3) is 0 Å². The second kappa shape index (κ2) is 6.04. The first-order valence-electron chi connectivity index (χ1n) is 5.98. The van der Waals surface area contributed by atoms with Gasteiger partial charge in [-0.3, -0.25) is 4.99 Å². The normalized spacial score (nSPS) is 17.4. The van der Waals surface area contributed by atoms with E-state index in [1.807, 2.05) is 17.0 Å². The fourth-order valence-corrected chi connectivity index (χ4v) is 3.11. The van der Waals surface area contributed by atoms with Crippen LogP contribution in [0.5, 0.6) is 0 Å². The number of fused-ring (bicyclic) bond motifs is 1. The molecule has 0 saturated carbocycles. The van der Waals surface area contributed by atoms with Crippen LogP contribution in [0, 0.1) is 11.8 Å². The summed E-state index contributed by atoms with van der Waals surface area (Å²) in [7, 11) is 0. The van der Waals surface area contributed by atoms with Crippen LogP contribution in [0.1, 0.15) is 6.42 Å². The predicted octanol–water partition coefficient (Wildman–Crippen LogP) is 2.64. The van der Waals surface area contributed by atoms with Crippen molar-refractivity contribution < 1.29 is 0 Å². The van der Waals surface area contributed by atoms with Crippen molar-refractivity contribution in [3.63, 3.8) is 0 Å². The Morgan fingerprint density at radius 3 is 3.32 bits per heavy atom. The highest BCUT2D eigenvalue weighted by atomic mass is 32.2. The summed E-state index contributed by atoms with van der Waals surface area (Å²) in [5.41, 5.74) is 1.88. The highest BCUT2D eigenvalue weighted by Crippen LogP contribution is 2.23. The minimum Gasteiger partial charge on any atom is -0.368 e. The maximum atomic E-state index is 4.27. The molecular weight excluding hydrogens is 276 g/mol. The van der Waals surface area contributed by atoms with Gasteiger partial charge in [-0.15, -0.1) is 17.3 Å². The number of aromatic nitrogens is 2. The summed E-state index contributed by atoms with van der Waals surface area (Å²) in [5.74, 6) is 7.30. The van der Waals surface area contributed by atoms with Gasteiger partial charge >= 0.3 is 0 Å². The van der Waals surface area contributed by atoms with Crippen molar-refractivity contribution in [2.75, 3.05) is 18.4 Å². The number of thiophene rings is 1. The molecular formula is C13H12N4S2. The molecule has 2 aromatic rings. The van der Waals surface area contributed by atoms with E-state index in [0.717, 1.165) is 35.5 Å². The van der Waals surface area contributed by atoms with E-state index in [9.17, 15) is 0 Å². The van der Waals surface area contributed by atoms with Crippen LogP contribution in [0.3, 0.4) is 0 Å². The first kappa shape index (κ1) is 12.5. The Hall–Kier alpha value is -1.58. The summed E-state index contributed by atoms with van der Waals surface area (Å²) >= 11 is 3.32. The van der Waals surface area contributed by atoms with Crippen molar-refractivity contribution >= 4 is 44.7 Å². The van der Waals surface area contributed by atoms with Crippen LogP contribution in [0.4, 0.5) is 5.82 Å². The topological polar surface area (TPSA) is 50.2 Å². The summed E-state index contributed by atoms with van der Waals surface area (Å²) in [5, 5.41) is 6.78. The first-order valence-corrected chi connectivity index (χ1v) is 7.80. The molecule has 0 radical (unpaired) electrons. The molecule has 0 aliphatic carbocycles. The molecule has 1 unspecified atom stereocenters. The van der Waals surface area contributed by atoms with E-state index in [2.05, 4.69) is 32.1 Å². The molecule has 0 saturated heterocycles. The summed E-state index contributed by atoms with van der Waals surface area (Å²) in [4.78, 5) is 13.6. The molecule has 0 amide bonds. The van der Waals surface area contributed by atoms with Crippen molar-refractivity contribution in [2.45, 2.75) is 11.7 Å². The molecule has 2 aromatic heterocycles. The van der Waals surface area contributed by atoms with Crippen LogP contribution in [0.15, 0.2) is 22.8 Å². The molecule has 3 heterocycles. The van der Waals surface area contributed by atoms with Crippen LogP contribution >= 0.6 is 23.1 Å². The number of anilines is 1. The van der Waals surface area contributed by atoms with Crippen molar-refractivity contribution in [1.82, 2.24) is 9.97 Å². The number of hydrogen-bond donors (Lipinski definition) is 1. The van der Waals surface area contributed by atoms with Gasteiger partial charge in [-0.25, -0.2) is 9.97 Å². The quantitative estimate of drug-likeness (QED) is 0.697. The Morgan fingerprint density at radius 1 is 1.42 bits per heavy atom. The molecule has 1 atom stereocenters. The molecule has 6 heteroatoms. The fraction of sp³-hybridized carbons (Fsp3) is 0.308. The van der Waals surface area contributed by atoms with E-state index in [4.69, 9.17) is 0 Å². The number of hydrogen-bond acceptors (Lipinski definition) is 6. The van der Waals surface area contributed by atoms with Gasteiger partial charge in [0.05, 0.1) is 22.7 Å². The number of thioether (sulfide) groups is 1. The average Bonchev–Trinajstić information content (AvgIpc) is 3.09. The van der Waals surface area contributed by atoms with Crippen molar-refractivity contribution in [1.29, 1.82) is 0 Å². The van der Waals surface area contributed by atoms with E-state index >= 15 is 0 Å². The lowest BCUT2D eigenvalue weighted by molar-refractivity contribution is 1.05. The van der Waals surface area contributed by atoms with Gasteiger partial charge in [0, 0.05) is 13.0 Å². The van der Waals surface area contributed by atoms with E-state index in [1.54, 1.807) is 29.4 Å². The summed E-state index contributed by atoms with van der Waals surface area (Å²) in [6.07, 6.45) is 2.41. The molecule has 3 rings (SSSR count). The lowest BCUT2D eigenvalue weighted by Crippen LogP contribution is -2.03. The van der Waals surface area contributed by atoms with Crippen LogP contribution < -0.4 is 5.32 Å². The van der Waals surface area contributed by atoms with Gasteiger partial charge in [0.2, 0.25) is 0 Å². The number of nitrogens with one attached hydrogen (secondary N) is 1. The third-order valence-electron chi connectivity index (χ3n) is 2.64. The zero-order valence-corrected chi connectivity index (χ0v) is 11.8. The summed E-state index contributed by atoms with van der Waals surface area (Å²) < 4.78 is 0. The second-order valence-electron chi connectivity index (χ2n) is 3.95. The maximum absolute atomic E-state index is 4.27. The van der Waals surface area contributed by atoms with E-state index < -0.39 is 0 Å². The molecule has 19 heavy (non-hydrogen) atoms. The maximum Gasteiger partial charge on any atom is 0.138 e. The molecule has 0 spiro atoms. The molecule has 1 N–H and O–H groups in total. The van der Waals surface area contributed by atoms with E-state index in [0.29, 0.717) is 5.25 Å². The third-order valence-corrected chi connectivity index (χ3v) is 4.33. The van der Waals surface area contributed by atoms with Gasteiger partial charge in [0.1, 0.15) is 17.0 Å². The number of nitrogens with zero attached hydrogens (tertiary/aromatic N) is 3. The summed E-state index contributed by atoms with van der Waals surface area (Å²) in [6.45, 7) is 1.62. The minimum absolute atomic E-state index is 0.350. The SMILES string of the molecule is C(#CC1CN=CS1)CCNc1ncnc2sccc12. The van der Waals surface area contributed by atoms with E-state index in [-0.39, 0.29) is 0 Å². The standard InChI is InChI=1S/C13H12N4S2/c1(3-10-7-14-9-19-10)2-5-15-12-11-4-6-18-13(11)17-8-16-12/h4,6,8-10H,2,5,7H2,(H,15,16,17). The highest BCUT2D eigenvalue weighted by molar-refractivity contribution is 8.13. The Labute approximate surface area is 119 Å². The third kappa shape index (κ3) is 3.06. The largest absolute Gasteiger partial charge is 0.368 e. The molecule has 0 bridgehead atoms. The van der Waals surface area contributed by atoms with E-state index in [1.165, 1.54) is 0 Å². The molecule has 1 aliphatic rings. The van der Waals surface area contributed by atoms with Gasteiger partial charge in [-0.1, -0.05) is 17.7 Å². The smallest absolute Gasteiger partial charge is 0.138 e. The zero-order chi connectivity index (χ0) is 12.9. The van der Waals surface area contributed by atoms with Gasteiger partial charge in [0.15, 0.2) is 0 Å². The molecule has 0 fully saturated rings. The van der Waals surface area contributed by atoms with Crippen molar-refractivity contribution in [2.24, 2.45) is 4.99 Å². The van der Waals surface area contributed by atoms with Crippen LogP contribution in [-0.4, -0.2) is 33.9 Å². The second-order valence-corrected chi connectivity index (χ2v) is 5.90. The minimum atomic E-state index is 0.350. The lowest BCUT2D eigenvalue weighted by atomic mass is 10.3. The molecule has 1 aliphatic heterocycles. The van der Waals surface area contributed by atoms with Crippen molar-refractivity contribution in [3.8, 4) is 11.8 Å². The molecule has 96 valence electrons. The molecule has 0 aromatic carbocycles.